The fourth-order valence-electron chi connectivity index (χ4n) is 4.13. The van der Waals surface area contributed by atoms with Crippen molar-refractivity contribution < 1.29 is 22.7 Å². The highest BCUT2D eigenvalue weighted by Gasteiger charge is 2.40. The molecular formula is C19H28N2O5S. The van der Waals surface area contributed by atoms with E-state index in [-0.39, 0.29) is 30.0 Å². The van der Waals surface area contributed by atoms with Crippen molar-refractivity contribution in [3.8, 4) is 11.5 Å². The third-order valence-corrected chi connectivity index (χ3v) is 7.36. The van der Waals surface area contributed by atoms with Gasteiger partial charge in [-0.15, -0.1) is 0 Å². The smallest absolute Gasteiger partial charge is 0.234 e. The highest BCUT2D eigenvalue weighted by Crippen LogP contribution is 2.38. The Morgan fingerprint density at radius 3 is 2.74 bits per heavy atom. The van der Waals surface area contributed by atoms with E-state index >= 15 is 0 Å². The molecule has 0 bridgehead atoms. The van der Waals surface area contributed by atoms with E-state index in [0.29, 0.717) is 6.42 Å². The minimum absolute atomic E-state index is 0.0153. The monoisotopic (exact) mass is 396 g/mol. The molecule has 2 saturated heterocycles. The summed E-state index contributed by atoms with van der Waals surface area (Å²) < 4.78 is 34.3. The van der Waals surface area contributed by atoms with Gasteiger partial charge in [0.25, 0.3) is 0 Å². The van der Waals surface area contributed by atoms with Gasteiger partial charge in [-0.1, -0.05) is 6.07 Å². The van der Waals surface area contributed by atoms with Crippen molar-refractivity contribution in [2.75, 3.05) is 38.8 Å². The first-order valence-electron chi connectivity index (χ1n) is 9.23. The molecule has 3 rings (SSSR count). The average Bonchev–Trinajstić information content (AvgIpc) is 3.17. The van der Waals surface area contributed by atoms with E-state index in [4.69, 9.17) is 9.47 Å². The molecule has 2 atom stereocenters. The van der Waals surface area contributed by atoms with Gasteiger partial charge in [0, 0.05) is 17.7 Å². The van der Waals surface area contributed by atoms with Gasteiger partial charge < -0.3 is 14.8 Å². The van der Waals surface area contributed by atoms with Gasteiger partial charge in [0.1, 0.15) is 11.5 Å². The van der Waals surface area contributed by atoms with Gasteiger partial charge in [-0.05, 0) is 38.8 Å². The lowest BCUT2D eigenvalue weighted by atomic mass is 10.0. The predicted molar refractivity (Wildman–Crippen MR) is 103 cm³/mol. The Morgan fingerprint density at radius 2 is 2.11 bits per heavy atom. The molecule has 1 aromatic rings. The summed E-state index contributed by atoms with van der Waals surface area (Å²) in [6, 6.07) is 5.84. The Morgan fingerprint density at radius 1 is 1.33 bits per heavy atom. The van der Waals surface area contributed by atoms with Crippen LogP contribution in [0.2, 0.25) is 0 Å². The highest BCUT2D eigenvalue weighted by molar-refractivity contribution is 7.91. The van der Waals surface area contributed by atoms with Crippen molar-refractivity contribution in [2.45, 2.75) is 37.8 Å². The first kappa shape index (κ1) is 19.9. The minimum atomic E-state index is -3.05. The average molecular weight is 397 g/mol. The van der Waals surface area contributed by atoms with E-state index in [0.717, 1.165) is 36.4 Å². The summed E-state index contributed by atoms with van der Waals surface area (Å²) in [5.41, 5.74) is 0.376. The molecule has 0 radical (unpaired) electrons. The number of methoxy groups -OCH3 is 2. The van der Waals surface area contributed by atoms with Crippen molar-refractivity contribution >= 4 is 15.7 Å². The molecule has 1 N–H and O–H groups in total. The standard InChI is InChI=1S/C19H28N2O5S/c1-19(8-10-27(23,24)13-19)20-18(22)12-21-9-4-5-16(21)15-7-6-14(25-2)11-17(15)26-3/h6-7,11,16H,4-5,8-10,12-13H2,1-3H3,(H,20,22)/t16-,19-/m1/s1. The highest BCUT2D eigenvalue weighted by atomic mass is 32.2. The zero-order valence-corrected chi connectivity index (χ0v) is 17.0. The predicted octanol–water partition coefficient (Wildman–Crippen LogP) is 1.53. The van der Waals surface area contributed by atoms with Gasteiger partial charge in [0.15, 0.2) is 9.84 Å². The van der Waals surface area contributed by atoms with E-state index in [1.165, 1.54) is 0 Å². The molecule has 2 aliphatic heterocycles. The molecule has 2 fully saturated rings. The largest absolute Gasteiger partial charge is 0.497 e. The second-order valence-electron chi connectivity index (χ2n) is 7.69. The number of nitrogens with zero attached hydrogens (tertiary/aromatic N) is 1. The molecule has 7 nitrogen and oxygen atoms in total. The number of sulfone groups is 1. The molecule has 2 heterocycles. The van der Waals surface area contributed by atoms with Crippen LogP contribution in [0.1, 0.15) is 37.8 Å². The van der Waals surface area contributed by atoms with Crippen molar-refractivity contribution in [3.63, 3.8) is 0 Å². The third-order valence-electron chi connectivity index (χ3n) is 5.45. The van der Waals surface area contributed by atoms with E-state index in [2.05, 4.69) is 10.2 Å². The number of rotatable bonds is 6. The van der Waals surface area contributed by atoms with Crippen LogP contribution in [0.25, 0.3) is 0 Å². The summed E-state index contributed by atoms with van der Waals surface area (Å²) in [5.74, 6) is 1.50. The first-order valence-corrected chi connectivity index (χ1v) is 11.0. The Kier molecular flexibility index (Phi) is 5.67. The zero-order chi connectivity index (χ0) is 19.7. The minimum Gasteiger partial charge on any atom is -0.497 e. The molecule has 1 aromatic carbocycles. The van der Waals surface area contributed by atoms with E-state index < -0.39 is 15.4 Å². The molecule has 1 amide bonds. The molecular weight excluding hydrogens is 368 g/mol. The van der Waals surface area contributed by atoms with E-state index in [9.17, 15) is 13.2 Å². The van der Waals surface area contributed by atoms with Gasteiger partial charge >= 0.3 is 0 Å². The second-order valence-corrected chi connectivity index (χ2v) is 9.87. The van der Waals surface area contributed by atoms with Gasteiger partial charge in [-0.25, -0.2) is 8.42 Å². The fourth-order valence-corrected chi connectivity index (χ4v) is 6.22. The van der Waals surface area contributed by atoms with Gasteiger partial charge in [-0.2, -0.15) is 0 Å². The summed E-state index contributed by atoms with van der Waals surface area (Å²) in [6.45, 7) is 2.88. The van der Waals surface area contributed by atoms with Crippen molar-refractivity contribution in [2.24, 2.45) is 0 Å². The van der Waals surface area contributed by atoms with Crippen LogP contribution in [0.5, 0.6) is 11.5 Å². The van der Waals surface area contributed by atoms with Gasteiger partial charge in [0.05, 0.1) is 37.8 Å². The van der Waals surface area contributed by atoms with Crippen molar-refractivity contribution in [1.82, 2.24) is 10.2 Å². The van der Waals surface area contributed by atoms with Crippen LogP contribution < -0.4 is 14.8 Å². The number of nitrogens with one attached hydrogen (secondary N) is 1. The summed E-state index contributed by atoms with van der Waals surface area (Å²) in [5, 5.41) is 2.95. The fraction of sp³-hybridized carbons (Fsp3) is 0.632. The van der Waals surface area contributed by atoms with Gasteiger partial charge in [-0.3, -0.25) is 9.69 Å². The molecule has 0 saturated carbocycles. The second kappa shape index (κ2) is 7.67. The number of carbonyl (C=O) groups excluding carboxylic acids is 1. The van der Waals surface area contributed by atoms with Gasteiger partial charge in [0.2, 0.25) is 5.91 Å². The first-order chi connectivity index (χ1) is 12.8. The lowest BCUT2D eigenvalue weighted by Crippen LogP contribution is -2.50. The Labute approximate surface area is 160 Å². The lowest BCUT2D eigenvalue weighted by Gasteiger charge is -2.29. The molecule has 0 aliphatic carbocycles. The normalized spacial score (nSPS) is 27.4. The summed E-state index contributed by atoms with van der Waals surface area (Å²) in [4.78, 5) is 14.7. The van der Waals surface area contributed by atoms with E-state index in [1.807, 2.05) is 25.1 Å². The quantitative estimate of drug-likeness (QED) is 0.785. The topological polar surface area (TPSA) is 84.9 Å². The maximum Gasteiger partial charge on any atom is 0.234 e. The summed E-state index contributed by atoms with van der Waals surface area (Å²) in [7, 11) is 0.193. The summed E-state index contributed by atoms with van der Waals surface area (Å²) in [6.07, 6.45) is 2.41. The maximum absolute atomic E-state index is 12.6. The molecule has 150 valence electrons. The number of amides is 1. The van der Waals surface area contributed by atoms with Crippen LogP contribution in [0.15, 0.2) is 18.2 Å². The Bertz CT molecular complexity index is 810. The molecule has 0 unspecified atom stereocenters. The molecule has 8 heteroatoms. The van der Waals surface area contributed by atoms with Crippen LogP contribution in [0.3, 0.4) is 0 Å². The SMILES string of the molecule is COc1ccc([C@H]2CCCN2CC(=O)N[C@]2(C)CCS(=O)(=O)C2)c(OC)c1. The van der Waals surface area contributed by atoms with E-state index in [1.54, 1.807) is 14.2 Å². The van der Waals surface area contributed by atoms with Crippen LogP contribution in [0, 0.1) is 0 Å². The van der Waals surface area contributed by atoms with Crippen LogP contribution in [-0.4, -0.2) is 63.6 Å². The molecule has 2 aliphatic rings. The van der Waals surface area contributed by atoms with Crippen molar-refractivity contribution in [1.29, 1.82) is 0 Å². The number of ether oxygens (including phenoxy) is 2. The van der Waals surface area contributed by atoms with Crippen molar-refractivity contribution in [3.05, 3.63) is 23.8 Å². The van der Waals surface area contributed by atoms with Crippen LogP contribution >= 0.6 is 0 Å². The van der Waals surface area contributed by atoms with Crippen LogP contribution in [0.4, 0.5) is 0 Å². The number of benzene rings is 1. The third kappa shape index (κ3) is 4.55. The molecule has 0 aromatic heterocycles. The van der Waals surface area contributed by atoms with Crippen LogP contribution in [-0.2, 0) is 14.6 Å². The number of likely N-dealkylation sites (tertiary alicyclic amines) is 1. The Balaban J connectivity index is 1.69. The molecule has 0 spiro atoms. The Hall–Kier alpha value is -1.80. The summed E-state index contributed by atoms with van der Waals surface area (Å²) >= 11 is 0. The number of hydrogen-bond acceptors (Lipinski definition) is 6. The zero-order valence-electron chi connectivity index (χ0n) is 16.2. The number of hydrogen-bond donors (Lipinski definition) is 1. The molecule has 27 heavy (non-hydrogen) atoms. The maximum atomic E-state index is 12.6. The lowest BCUT2D eigenvalue weighted by molar-refractivity contribution is -0.124. The number of carbonyl (C=O) groups is 1.